The van der Waals surface area contributed by atoms with Crippen LogP contribution in [0.1, 0.15) is 39.6 Å². The molecule has 0 radical (unpaired) electrons. The molecule has 13 heteroatoms. The lowest BCUT2D eigenvalue weighted by Crippen LogP contribution is -2.73. The zero-order valence-electron chi connectivity index (χ0n) is 34.3. The Kier molecular flexibility index (Phi) is 12.4. The zero-order valence-corrected chi connectivity index (χ0v) is 35.1. The molecule has 0 bridgehead atoms. The molecule has 0 saturated carbocycles. The van der Waals surface area contributed by atoms with Crippen LogP contribution in [0.15, 0.2) is 186 Å². The van der Waals surface area contributed by atoms with Gasteiger partial charge in [-0.15, -0.1) is 11.3 Å². The van der Waals surface area contributed by atoms with E-state index in [1.54, 1.807) is 22.6 Å². The van der Waals surface area contributed by atoms with Crippen LogP contribution in [0.25, 0.3) is 0 Å². The van der Waals surface area contributed by atoms with Gasteiger partial charge < -0.3 is 29.8 Å². The number of amides is 2. The number of carbonyl (C=O) groups is 3. The largest absolute Gasteiger partial charge is 0.448 e. The van der Waals surface area contributed by atoms with Gasteiger partial charge in [0.15, 0.2) is 29.2 Å². The van der Waals surface area contributed by atoms with Gasteiger partial charge in [0.1, 0.15) is 24.0 Å². The fourth-order valence-electron chi connectivity index (χ4n) is 7.63. The van der Waals surface area contributed by atoms with Crippen LogP contribution in [0.2, 0.25) is 0 Å². The molecule has 2 amide bonds. The van der Waals surface area contributed by atoms with Gasteiger partial charge in [0, 0.05) is 25.0 Å². The van der Waals surface area contributed by atoms with E-state index in [1.807, 2.05) is 129 Å². The zero-order chi connectivity index (χ0) is 43.1. The third-order valence-corrected chi connectivity index (χ3v) is 11.3. The first kappa shape index (κ1) is 41.4. The summed E-state index contributed by atoms with van der Waals surface area (Å²) < 4.78 is 12.4. The number of carbonyl (C=O) groups excluding carboxylic acids is 3. The molecule has 62 heavy (non-hydrogen) atoms. The summed E-state index contributed by atoms with van der Waals surface area (Å²) >= 11 is 1.30. The fourth-order valence-corrected chi connectivity index (χ4v) is 8.38. The van der Waals surface area contributed by atoms with Gasteiger partial charge in [-0.1, -0.05) is 157 Å². The minimum atomic E-state index is -1.15. The molecule has 5 aromatic carbocycles. The van der Waals surface area contributed by atoms with Crippen molar-refractivity contribution in [1.82, 2.24) is 20.1 Å². The summed E-state index contributed by atoms with van der Waals surface area (Å²) in [7, 11) is 5.01. The van der Waals surface area contributed by atoms with Crippen molar-refractivity contribution in [3.8, 4) is 0 Å². The lowest BCUT2D eigenvalue weighted by atomic mass is 9.77. The highest BCUT2D eigenvalue weighted by Gasteiger charge is 2.55. The van der Waals surface area contributed by atoms with E-state index in [9.17, 15) is 14.4 Å². The Balaban J connectivity index is 1.06. The normalized spacial score (nSPS) is 16.4. The van der Waals surface area contributed by atoms with Crippen molar-refractivity contribution in [1.29, 1.82) is 0 Å². The summed E-state index contributed by atoms with van der Waals surface area (Å²) in [6.45, 7) is -0.0247. The van der Waals surface area contributed by atoms with E-state index >= 15 is 0 Å². The highest BCUT2D eigenvalue weighted by Crippen LogP contribution is 2.41. The number of fused-ring (bicyclic) bond motifs is 1. The maximum Gasteiger partial charge on any atom is 0.356 e. The molecule has 12 nitrogen and oxygen atoms in total. The third-order valence-electron chi connectivity index (χ3n) is 10.5. The summed E-state index contributed by atoms with van der Waals surface area (Å²) in [5.74, 6) is -1.99. The number of nitrogens with zero attached hydrogens (tertiary/aromatic N) is 4. The standard InChI is InChI=1S/C49H44N6O6S/c1-54(2)30-29-35-31-60-46-41(45(57)55(46)42(35)47(58)61-43(33-19-9-4-10-20-33)34-21-11-5-12-22-34)51-44(56)40(53-59-3)39-32-62-48(50-39)52-49(36-23-13-6-14-24-36,37-25-15-7-16-26-37)38-27-17-8-18-28-38/h4-30,32,41,43,46H,31H2,1-3H3,(H,50,52)(H,51,56). The second kappa shape index (κ2) is 18.5. The van der Waals surface area contributed by atoms with Crippen molar-refractivity contribution in [3.63, 3.8) is 0 Å². The summed E-state index contributed by atoms with van der Waals surface area (Å²) in [6, 6.07) is 47.9. The van der Waals surface area contributed by atoms with Crippen LogP contribution in [-0.4, -0.2) is 78.4 Å². The first-order valence-corrected chi connectivity index (χ1v) is 20.8. The summed E-state index contributed by atoms with van der Waals surface area (Å²) in [5.41, 5.74) is 4.14. The lowest BCUT2D eigenvalue weighted by Gasteiger charge is -2.49. The van der Waals surface area contributed by atoms with E-state index in [1.165, 1.54) is 23.3 Å². The molecule has 2 atom stereocenters. The molecule has 2 N–H and O–H groups in total. The SMILES string of the molecule is CON=C(C(=O)NC1C(=O)N2C(C(=O)OC(c3ccccc3)c3ccccc3)=C(C=CN(C)C)COC12)c1csc(NC(c2ccccc2)(c2ccccc2)c2ccccc2)n1. The van der Waals surface area contributed by atoms with E-state index in [2.05, 4.69) is 52.2 Å². The predicted octanol–water partition coefficient (Wildman–Crippen LogP) is 7.24. The van der Waals surface area contributed by atoms with Gasteiger partial charge >= 0.3 is 5.97 Å². The average molecular weight is 845 g/mol. The van der Waals surface area contributed by atoms with Crippen molar-refractivity contribution in [2.24, 2.45) is 5.16 Å². The van der Waals surface area contributed by atoms with Gasteiger partial charge in [0.2, 0.25) is 0 Å². The second-order valence-electron chi connectivity index (χ2n) is 14.8. The van der Waals surface area contributed by atoms with E-state index < -0.39 is 41.7 Å². The molecule has 1 aromatic heterocycles. The second-order valence-corrected chi connectivity index (χ2v) is 15.6. The van der Waals surface area contributed by atoms with Crippen molar-refractivity contribution >= 4 is 40.0 Å². The molecule has 6 aromatic rings. The number of aromatic nitrogens is 1. The number of hydrogen-bond acceptors (Lipinski definition) is 11. The Hall–Kier alpha value is -7.35. The van der Waals surface area contributed by atoms with Crippen LogP contribution < -0.4 is 10.6 Å². The van der Waals surface area contributed by atoms with Gasteiger partial charge in [0.05, 0.1) is 6.61 Å². The van der Waals surface area contributed by atoms with Crippen molar-refractivity contribution in [2.45, 2.75) is 23.9 Å². The molecule has 2 aliphatic heterocycles. The first-order chi connectivity index (χ1) is 30.3. The van der Waals surface area contributed by atoms with Crippen LogP contribution in [0.5, 0.6) is 0 Å². The van der Waals surface area contributed by atoms with Crippen LogP contribution in [0.4, 0.5) is 5.13 Å². The molecule has 8 rings (SSSR count). The van der Waals surface area contributed by atoms with Crippen LogP contribution >= 0.6 is 11.3 Å². The predicted molar refractivity (Wildman–Crippen MR) is 238 cm³/mol. The van der Waals surface area contributed by atoms with E-state index in [0.717, 1.165) is 27.8 Å². The molecule has 1 fully saturated rings. The molecule has 2 unspecified atom stereocenters. The lowest BCUT2D eigenvalue weighted by molar-refractivity contribution is -0.185. The summed E-state index contributed by atoms with van der Waals surface area (Å²) in [4.78, 5) is 55.6. The maximum absolute atomic E-state index is 14.3. The number of esters is 1. The highest BCUT2D eigenvalue weighted by molar-refractivity contribution is 7.14. The van der Waals surface area contributed by atoms with Gasteiger partial charge in [-0.2, -0.15) is 0 Å². The molecule has 2 aliphatic rings. The molecular weight excluding hydrogens is 801 g/mol. The molecule has 1 saturated heterocycles. The number of thiazole rings is 1. The first-order valence-electron chi connectivity index (χ1n) is 19.9. The van der Waals surface area contributed by atoms with Crippen LogP contribution in [-0.2, 0) is 34.2 Å². The number of oxime groups is 1. The van der Waals surface area contributed by atoms with Crippen molar-refractivity contribution in [2.75, 3.05) is 33.1 Å². The van der Waals surface area contributed by atoms with Gasteiger partial charge in [-0.25, -0.2) is 9.78 Å². The Morgan fingerprint density at radius 3 is 1.85 bits per heavy atom. The smallest absolute Gasteiger partial charge is 0.356 e. The number of benzene rings is 5. The quantitative estimate of drug-likeness (QED) is 0.0361. The molecule has 3 heterocycles. The number of nitrogens with one attached hydrogen (secondary N) is 2. The van der Waals surface area contributed by atoms with Crippen molar-refractivity contribution < 1.29 is 28.7 Å². The number of anilines is 1. The molecule has 312 valence electrons. The number of ether oxygens (including phenoxy) is 2. The molecular formula is C49H44N6O6S. The Morgan fingerprint density at radius 1 is 0.839 bits per heavy atom. The highest BCUT2D eigenvalue weighted by atomic mass is 32.1. The minimum Gasteiger partial charge on any atom is -0.448 e. The summed E-state index contributed by atoms with van der Waals surface area (Å²) in [5, 5.41) is 12.8. The number of β-lactam (4-membered cyclic amide) rings is 1. The molecule has 0 spiro atoms. The summed E-state index contributed by atoms with van der Waals surface area (Å²) in [6.07, 6.45) is 1.71. The molecule has 0 aliphatic carbocycles. The maximum atomic E-state index is 14.3. The van der Waals surface area contributed by atoms with E-state index in [4.69, 9.17) is 19.3 Å². The topological polar surface area (TPSA) is 135 Å². The van der Waals surface area contributed by atoms with E-state index in [0.29, 0.717) is 10.7 Å². The average Bonchev–Trinajstić information content (AvgIpc) is 3.79. The Morgan fingerprint density at radius 2 is 1.35 bits per heavy atom. The van der Waals surface area contributed by atoms with E-state index in [-0.39, 0.29) is 23.7 Å². The van der Waals surface area contributed by atoms with Gasteiger partial charge in [0.25, 0.3) is 11.8 Å². The Labute approximate surface area is 363 Å². The van der Waals surface area contributed by atoms with Gasteiger partial charge in [-0.3, -0.25) is 14.5 Å². The monoisotopic (exact) mass is 844 g/mol. The third kappa shape index (κ3) is 8.36. The number of hydrogen-bond donors (Lipinski definition) is 2. The van der Waals surface area contributed by atoms with Gasteiger partial charge in [-0.05, 0) is 40.1 Å². The number of rotatable bonds is 15. The van der Waals surface area contributed by atoms with Crippen LogP contribution in [0.3, 0.4) is 0 Å². The van der Waals surface area contributed by atoms with Crippen LogP contribution in [0, 0.1) is 0 Å². The Bertz CT molecular complexity index is 2470. The minimum absolute atomic E-state index is 0.0247. The van der Waals surface area contributed by atoms with Crippen molar-refractivity contribution in [3.05, 3.63) is 214 Å². The fraction of sp³-hybridized carbons (Fsp3) is 0.163.